The summed E-state index contributed by atoms with van der Waals surface area (Å²) in [5.41, 5.74) is 0. The molecule has 0 saturated heterocycles. The van der Waals surface area contributed by atoms with Gasteiger partial charge < -0.3 is 5.11 Å². The highest BCUT2D eigenvalue weighted by molar-refractivity contribution is 7.89. The van der Waals surface area contributed by atoms with Gasteiger partial charge in [0, 0.05) is 0 Å². The molecule has 0 aromatic rings. The van der Waals surface area contributed by atoms with Gasteiger partial charge in [-0.05, 0) is 6.92 Å². The molecule has 0 aliphatic heterocycles. The van der Waals surface area contributed by atoms with E-state index in [-0.39, 0.29) is 0 Å². The van der Waals surface area contributed by atoms with Crippen LogP contribution < -0.4 is 5.14 Å². The van der Waals surface area contributed by atoms with Crippen molar-refractivity contribution >= 4 is 16.0 Å². The molecule has 0 aromatic heterocycles. The number of hydrogen-bond donors (Lipinski definition) is 2. The topological polar surface area (TPSA) is 97.5 Å². The smallest absolute Gasteiger partial charge is 0.307 e. The highest BCUT2D eigenvalue weighted by atomic mass is 32.2. The standard InChI is InChI=1S/C5H11NO4S/c1-3(5(7)8)4(2)11(6,9)10/h3-4H,1-2H3,(H,7,8)(H2,6,9,10). The molecule has 5 nitrogen and oxygen atoms in total. The van der Waals surface area contributed by atoms with E-state index in [9.17, 15) is 13.2 Å². The van der Waals surface area contributed by atoms with Crippen LogP contribution in [-0.2, 0) is 14.8 Å². The Morgan fingerprint density at radius 1 is 1.45 bits per heavy atom. The first-order valence-corrected chi connectivity index (χ1v) is 4.62. The molecule has 0 aliphatic carbocycles. The number of carboxylic acids is 1. The second kappa shape index (κ2) is 3.19. The minimum absolute atomic E-state index is 0.968. The summed E-state index contributed by atoms with van der Waals surface area (Å²) in [4.78, 5) is 10.3. The number of carboxylic acid groups (broad SMARTS) is 1. The molecule has 0 saturated carbocycles. The normalized spacial score (nSPS) is 17.4. The molecule has 0 bridgehead atoms. The van der Waals surface area contributed by atoms with Crippen LogP contribution in [0.5, 0.6) is 0 Å². The highest BCUT2D eigenvalue weighted by Crippen LogP contribution is 2.08. The molecular weight excluding hydrogens is 170 g/mol. The van der Waals surface area contributed by atoms with Crippen molar-refractivity contribution in [2.75, 3.05) is 0 Å². The third-order valence-corrected chi connectivity index (χ3v) is 3.06. The number of aliphatic carboxylic acids is 1. The lowest BCUT2D eigenvalue weighted by Crippen LogP contribution is -2.35. The lowest BCUT2D eigenvalue weighted by atomic mass is 10.1. The van der Waals surface area contributed by atoms with Crippen LogP contribution in [0.4, 0.5) is 0 Å². The minimum atomic E-state index is -3.73. The van der Waals surface area contributed by atoms with Crippen LogP contribution in [0, 0.1) is 5.92 Å². The molecule has 0 aromatic carbocycles. The first kappa shape index (κ1) is 10.4. The zero-order valence-electron chi connectivity index (χ0n) is 6.31. The zero-order valence-corrected chi connectivity index (χ0v) is 7.13. The monoisotopic (exact) mass is 181 g/mol. The van der Waals surface area contributed by atoms with Crippen molar-refractivity contribution in [2.45, 2.75) is 19.1 Å². The summed E-state index contributed by atoms with van der Waals surface area (Å²) in [6, 6.07) is 0. The van der Waals surface area contributed by atoms with E-state index in [0.29, 0.717) is 0 Å². The predicted octanol–water partition coefficient (Wildman–Crippen LogP) is -0.616. The van der Waals surface area contributed by atoms with Crippen LogP contribution in [0.1, 0.15) is 13.8 Å². The van der Waals surface area contributed by atoms with E-state index >= 15 is 0 Å². The van der Waals surface area contributed by atoms with Crippen LogP contribution in [-0.4, -0.2) is 24.7 Å². The maximum atomic E-state index is 10.6. The Hall–Kier alpha value is -0.620. The third-order valence-electron chi connectivity index (χ3n) is 1.61. The Morgan fingerprint density at radius 3 is 1.91 bits per heavy atom. The largest absolute Gasteiger partial charge is 0.481 e. The van der Waals surface area contributed by atoms with Crippen LogP contribution in [0.2, 0.25) is 0 Å². The molecule has 2 atom stereocenters. The Kier molecular flexibility index (Phi) is 3.01. The minimum Gasteiger partial charge on any atom is -0.481 e. The molecule has 0 aliphatic rings. The van der Waals surface area contributed by atoms with Crippen LogP contribution in [0.25, 0.3) is 0 Å². The van der Waals surface area contributed by atoms with Crippen molar-refractivity contribution in [1.29, 1.82) is 0 Å². The summed E-state index contributed by atoms with van der Waals surface area (Å²) < 4.78 is 21.2. The Labute approximate surface area is 65.3 Å². The second-order valence-electron chi connectivity index (χ2n) is 2.42. The lowest BCUT2D eigenvalue weighted by molar-refractivity contribution is -0.141. The van der Waals surface area contributed by atoms with Crippen molar-refractivity contribution in [2.24, 2.45) is 11.1 Å². The maximum Gasteiger partial charge on any atom is 0.307 e. The molecule has 0 fully saturated rings. The molecule has 0 spiro atoms. The molecule has 0 rings (SSSR count). The molecule has 0 radical (unpaired) electrons. The Bertz CT molecular complexity index is 245. The van der Waals surface area contributed by atoms with Gasteiger partial charge in [-0.3, -0.25) is 4.79 Å². The van der Waals surface area contributed by atoms with Gasteiger partial charge in [0.15, 0.2) is 0 Å². The number of hydrogen-bond acceptors (Lipinski definition) is 3. The van der Waals surface area contributed by atoms with Gasteiger partial charge in [0.05, 0.1) is 11.2 Å². The molecule has 6 heteroatoms. The zero-order chi connectivity index (χ0) is 9.23. The van der Waals surface area contributed by atoms with Gasteiger partial charge in [-0.25, -0.2) is 13.6 Å². The molecule has 11 heavy (non-hydrogen) atoms. The summed E-state index contributed by atoms with van der Waals surface area (Å²) in [5, 5.41) is 12.1. The third kappa shape index (κ3) is 2.85. The van der Waals surface area contributed by atoms with Crippen molar-refractivity contribution in [3.63, 3.8) is 0 Å². The number of sulfonamides is 1. The number of carbonyl (C=O) groups is 1. The first-order chi connectivity index (χ1) is 4.76. The van der Waals surface area contributed by atoms with Gasteiger partial charge >= 0.3 is 5.97 Å². The molecule has 0 heterocycles. The number of nitrogens with two attached hydrogens (primary N) is 1. The van der Waals surface area contributed by atoms with E-state index < -0.39 is 27.2 Å². The van der Waals surface area contributed by atoms with Crippen molar-refractivity contribution in [1.82, 2.24) is 0 Å². The van der Waals surface area contributed by atoms with Gasteiger partial charge in [0.1, 0.15) is 0 Å². The van der Waals surface area contributed by atoms with Gasteiger partial charge in [-0.2, -0.15) is 0 Å². The van der Waals surface area contributed by atoms with Crippen LogP contribution >= 0.6 is 0 Å². The SMILES string of the molecule is CC(C(=O)O)C(C)S(N)(=O)=O. The number of rotatable bonds is 3. The van der Waals surface area contributed by atoms with Gasteiger partial charge in [0.2, 0.25) is 10.0 Å². The summed E-state index contributed by atoms with van der Waals surface area (Å²) in [6.45, 7) is 2.57. The van der Waals surface area contributed by atoms with Crippen LogP contribution in [0.3, 0.4) is 0 Å². The lowest BCUT2D eigenvalue weighted by Gasteiger charge is -2.12. The fourth-order valence-electron chi connectivity index (χ4n) is 0.485. The van der Waals surface area contributed by atoms with Crippen LogP contribution in [0.15, 0.2) is 0 Å². The Morgan fingerprint density at radius 2 is 1.82 bits per heavy atom. The summed E-state index contributed by atoms with van der Waals surface area (Å²) >= 11 is 0. The molecule has 2 unspecified atom stereocenters. The highest BCUT2D eigenvalue weighted by Gasteiger charge is 2.27. The van der Waals surface area contributed by atoms with E-state index in [0.717, 1.165) is 0 Å². The van der Waals surface area contributed by atoms with Crippen molar-refractivity contribution < 1.29 is 18.3 Å². The summed E-state index contributed by atoms with van der Waals surface area (Å²) in [5.74, 6) is -2.13. The molecule has 66 valence electrons. The quantitative estimate of drug-likeness (QED) is 0.606. The Balaban J connectivity index is 4.51. The average molecular weight is 181 g/mol. The molecule has 3 N–H and O–H groups in total. The summed E-state index contributed by atoms with van der Waals surface area (Å²) in [6.07, 6.45) is 0. The van der Waals surface area contributed by atoms with Crippen molar-refractivity contribution in [3.8, 4) is 0 Å². The predicted molar refractivity (Wildman–Crippen MR) is 39.4 cm³/mol. The summed E-state index contributed by atoms with van der Waals surface area (Å²) in [7, 11) is -3.73. The van der Waals surface area contributed by atoms with Gasteiger partial charge in [-0.15, -0.1) is 0 Å². The fourth-order valence-corrected chi connectivity index (χ4v) is 1.17. The van der Waals surface area contributed by atoms with E-state index in [4.69, 9.17) is 10.2 Å². The second-order valence-corrected chi connectivity index (χ2v) is 4.34. The van der Waals surface area contributed by atoms with Crippen molar-refractivity contribution in [3.05, 3.63) is 0 Å². The first-order valence-electron chi connectivity index (χ1n) is 3.01. The van der Waals surface area contributed by atoms with E-state index in [1.165, 1.54) is 13.8 Å². The van der Waals surface area contributed by atoms with E-state index in [1.807, 2.05) is 0 Å². The van der Waals surface area contributed by atoms with E-state index in [2.05, 4.69) is 0 Å². The van der Waals surface area contributed by atoms with E-state index in [1.54, 1.807) is 0 Å². The average Bonchev–Trinajstić information content (AvgIpc) is 1.82. The number of primary sulfonamides is 1. The fraction of sp³-hybridized carbons (Fsp3) is 0.800. The molecule has 0 amide bonds. The maximum absolute atomic E-state index is 10.6. The van der Waals surface area contributed by atoms with Gasteiger partial charge in [0.25, 0.3) is 0 Å². The van der Waals surface area contributed by atoms with Gasteiger partial charge in [-0.1, -0.05) is 6.92 Å². The molecular formula is C5H11NO4S.